The standard InChI is InChI=1S/C14H20ClNO/c1-3-4-5-6-12-7-9-13(10-8-12)16-14(17)11(2)15/h7-11H,3-6H2,1-2H3,(H,16,17). The van der Waals surface area contributed by atoms with E-state index in [0.717, 1.165) is 12.1 Å². The Bertz CT molecular complexity index is 346. The second kappa shape index (κ2) is 7.33. The number of hydrogen-bond acceptors (Lipinski definition) is 1. The second-order valence-electron chi connectivity index (χ2n) is 4.26. The van der Waals surface area contributed by atoms with Crippen LogP contribution in [0.4, 0.5) is 5.69 Å². The summed E-state index contributed by atoms with van der Waals surface area (Å²) in [6, 6.07) is 7.98. The topological polar surface area (TPSA) is 29.1 Å². The maximum absolute atomic E-state index is 11.4. The summed E-state index contributed by atoms with van der Waals surface area (Å²) in [4.78, 5) is 11.4. The Kier molecular flexibility index (Phi) is 6.06. The van der Waals surface area contributed by atoms with Gasteiger partial charge < -0.3 is 5.32 Å². The molecule has 0 heterocycles. The number of carbonyl (C=O) groups is 1. The van der Waals surface area contributed by atoms with Gasteiger partial charge >= 0.3 is 0 Å². The van der Waals surface area contributed by atoms with Gasteiger partial charge in [0.25, 0.3) is 0 Å². The van der Waals surface area contributed by atoms with Crippen LogP contribution in [0.5, 0.6) is 0 Å². The first-order valence-electron chi connectivity index (χ1n) is 6.17. The van der Waals surface area contributed by atoms with Gasteiger partial charge in [0.1, 0.15) is 5.38 Å². The van der Waals surface area contributed by atoms with Crippen LogP contribution in [0.3, 0.4) is 0 Å². The highest BCUT2D eigenvalue weighted by Gasteiger charge is 2.08. The molecule has 1 amide bonds. The quantitative estimate of drug-likeness (QED) is 0.603. The summed E-state index contributed by atoms with van der Waals surface area (Å²) in [5.74, 6) is -0.162. The molecule has 94 valence electrons. The average Bonchev–Trinajstić information content (AvgIpc) is 2.31. The summed E-state index contributed by atoms with van der Waals surface area (Å²) >= 11 is 5.68. The Labute approximate surface area is 108 Å². The maximum Gasteiger partial charge on any atom is 0.242 e. The minimum Gasteiger partial charge on any atom is -0.325 e. The number of amides is 1. The lowest BCUT2D eigenvalue weighted by molar-refractivity contribution is -0.115. The van der Waals surface area contributed by atoms with E-state index in [1.165, 1.54) is 24.8 Å². The Morgan fingerprint density at radius 3 is 2.47 bits per heavy atom. The van der Waals surface area contributed by atoms with Crippen molar-refractivity contribution in [1.82, 2.24) is 0 Å². The number of unbranched alkanes of at least 4 members (excludes halogenated alkanes) is 2. The third kappa shape index (κ3) is 5.22. The molecule has 17 heavy (non-hydrogen) atoms. The molecular weight excluding hydrogens is 234 g/mol. The predicted octanol–water partition coefficient (Wildman–Crippen LogP) is 3.99. The lowest BCUT2D eigenvalue weighted by Gasteiger charge is -2.07. The Hall–Kier alpha value is -1.02. The van der Waals surface area contributed by atoms with Gasteiger partial charge in [0.15, 0.2) is 0 Å². The fraction of sp³-hybridized carbons (Fsp3) is 0.500. The fourth-order valence-electron chi connectivity index (χ4n) is 1.58. The van der Waals surface area contributed by atoms with E-state index >= 15 is 0 Å². The van der Waals surface area contributed by atoms with Crippen LogP contribution >= 0.6 is 11.6 Å². The lowest BCUT2D eigenvalue weighted by Crippen LogP contribution is -2.20. The number of rotatable bonds is 6. The molecule has 0 aliphatic heterocycles. The fourth-order valence-corrected chi connectivity index (χ4v) is 1.63. The van der Waals surface area contributed by atoms with E-state index in [1.807, 2.05) is 12.1 Å². The maximum atomic E-state index is 11.4. The Balaban J connectivity index is 2.47. The molecule has 1 rings (SSSR count). The zero-order valence-electron chi connectivity index (χ0n) is 10.5. The van der Waals surface area contributed by atoms with Gasteiger partial charge in [-0.2, -0.15) is 0 Å². The summed E-state index contributed by atoms with van der Waals surface area (Å²) in [6.45, 7) is 3.86. The molecule has 0 bridgehead atoms. The third-order valence-electron chi connectivity index (χ3n) is 2.65. The molecule has 0 radical (unpaired) electrons. The minimum absolute atomic E-state index is 0.162. The Morgan fingerprint density at radius 1 is 1.29 bits per heavy atom. The second-order valence-corrected chi connectivity index (χ2v) is 4.91. The number of anilines is 1. The molecule has 1 aromatic rings. The van der Waals surface area contributed by atoms with Crippen molar-refractivity contribution in [2.45, 2.75) is 44.9 Å². The molecule has 1 unspecified atom stereocenters. The van der Waals surface area contributed by atoms with Gasteiger partial charge in [0.05, 0.1) is 0 Å². The molecule has 0 aliphatic rings. The van der Waals surface area contributed by atoms with Crippen molar-refractivity contribution in [3.05, 3.63) is 29.8 Å². The van der Waals surface area contributed by atoms with Crippen LogP contribution < -0.4 is 5.32 Å². The summed E-state index contributed by atoms with van der Waals surface area (Å²) in [7, 11) is 0. The van der Waals surface area contributed by atoms with E-state index in [0.29, 0.717) is 0 Å². The highest BCUT2D eigenvalue weighted by atomic mass is 35.5. The van der Waals surface area contributed by atoms with Crippen LogP contribution in [0.15, 0.2) is 24.3 Å². The van der Waals surface area contributed by atoms with Gasteiger partial charge in [-0.25, -0.2) is 0 Å². The monoisotopic (exact) mass is 253 g/mol. The molecule has 1 N–H and O–H groups in total. The zero-order chi connectivity index (χ0) is 12.7. The van der Waals surface area contributed by atoms with Gasteiger partial charge in [-0.05, 0) is 37.5 Å². The van der Waals surface area contributed by atoms with Gasteiger partial charge in [-0.15, -0.1) is 11.6 Å². The van der Waals surface area contributed by atoms with E-state index in [9.17, 15) is 4.79 Å². The number of hydrogen-bond donors (Lipinski definition) is 1. The number of halogens is 1. The van der Waals surface area contributed by atoms with Crippen LogP contribution in [-0.2, 0) is 11.2 Å². The first-order valence-corrected chi connectivity index (χ1v) is 6.61. The van der Waals surface area contributed by atoms with Gasteiger partial charge in [-0.3, -0.25) is 4.79 Å². The predicted molar refractivity (Wildman–Crippen MR) is 73.6 cm³/mol. The van der Waals surface area contributed by atoms with Crippen molar-refractivity contribution in [3.8, 4) is 0 Å². The van der Waals surface area contributed by atoms with Crippen LogP contribution in [0.2, 0.25) is 0 Å². The number of nitrogens with one attached hydrogen (secondary N) is 1. The van der Waals surface area contributed by atoms with Crippen LogP contribution in [0.1, 0.15) is 38.7 Å². The molecule has 0 spiro atoms. The van der Waals surface area contributed by atoms with E-state index in [2.05, 4.69) is 24.4 Å². The number of alkyl halides is 1. The van der Waals surface area contributed by atoms with Crippen molar-refractivity contribution in [2.24, 2.45) is 0 Å². The first kappa shape index (κ1) is 14.0. The van der Waals surface area contributed by atoms with E-state index in [1.54, 1.807) is 6.92 Å². The summed E-state index contributed by atoms with van der Waals surface area (Å²) in [5.41, 5.74) is 2.12. The molecule has 0 fully saturated rings. The molecule has 2 nitrogen and oxygen atoms in total. The minimum atomic E-state index is -0.501. The van der Waals surface area contributed by atoms with Crippen LogP contribution in [0, 0.1) is 0 Å². The molecule has 1 atom stereocenters. The SMILES string of the molecule is CCCCCc1ccc(NC(=O)C(C)Cl)cc1. The van der Waals surface area contributed by atoms with Crippen LogP contribution in [0.25, 0.3) is 0 Å². The van der Waals surface area contributed by atoms with E-state index in [4.69, 9.17) is 11.6 Å². The molecule has 0 aliphatic carbocycles. The molecule has 3 heteroatoms. The summed E-state index contributed by atoms with van der Waals surface area (Å²) in [5, 5.41) is 2.26. The third-order valence-corrected chi connectivity index (χ3v) is 2.85. The smallest absolute Gasteiger partial charge is 0.242 e. The van der Waals surface area contributed by atoms with E-state index in [-0.39, 0.29) is 5.91 Å². The van der Waals surface area contributed by atoms with Crippen molar-refractivity contribution in [1.29, 1.82) is 0 Å². The normalized spacial score (nSPS) is 12.2. The Morgan fingerprint density at radius 2 is 1.94 bits per heavy atom. The van der Waals surface area contributed by atoms with Crippen molar-refractivity contribution in [2.75, 3.05) is 5.32 Å². The van der Waals surface area contributed by atoms with Crippen molar-refractivity contribution < 1.29 is 4.79 Å². The molecule has 0 saturated carbocycles. The highest BCUT2D eigenvalue weighted by Crippen LogP contribution is 2.13. The summed E-state index contributed by atoms with van der Waals surface area (Å²) < 4.78 is 0. The molecule has 0 saturated heterocycles. The number of aryl methyl sites for hydroxylation is 1. The van der Waals surface area contributed by atoms with Crippen molar-refractivity contribution in [3.63, 3.8) is 0 Å². The lowest BCUT2D eigenvalue weighted by atomic mass is 10.1. The number of carbonyl (C=O) groups excluding carboxylic acids is 1. The highest BCUT2D eigenvalue weighted by molar-refractivity contribution is 6.32. The van der Waals surface area contributed by atoms with Gasteiger partial charge in [0.2, 0.25) is 5.91 Å². The van der Waals surface area contributed by atoms with Gasteiger partial charge in [0, 0.05) is 5.69 Å². The van der Waals surface area contributed by atoms with E-state index < -0.39 is 5.38 Å². The number of benzene rings is 1. The molecule has 0 aromatic heterocycles. The zero-order valence-corrected chi connectivity index (χ0v) is 11.3. The first-order chi connectivity index (χ1) is 8.13. The van der Waals surface area contributed by atoms with Gasteiger partial charge in [-0.1, -0.05) is 31.9 Å². The summed E-state index contributed by atoms with van der Waals surface area (Å²) in [6.07, 6.45) is 4.83. The van der Waals surface area contributed by atoms with Crippen molar-refractivity contribution >= 4 is 23.2 Å². The largest absolute Gasteiger partial charge is 0.325 e. The molecule has 1 aromatic carbocycles. The molecular formula is C14H20ClNO. The average molecular weight is 254 g/mol. The van der Waals surface area contributed by atoms with Crippen LogP contribution in [-0.4, -0.2) is 11.3 Å².